The summed E-state index contributed by atoms with van der Waals surface area (Å²) in [7, 11) is 1.77. The van der Waals surface area contributed by atoms with E-state index in [1.54, 1.807) is 30.1 Å². The fourth-order valence-electron chi connectivity index (χ4n) is 2.32. The van der Waals surface area contributed by atoms with E-state index in [2.05, 4.69) is 0 Å². The van der Waals surface area contributed by atoms with Gasteiger partial charge in [0.15, 0.2) is 0 Å². The van der Waals surface area contributed by atoms with E-state index in [1.165, 1.54) is 0 Å². The molecule has 2 aromatic rings. The molecule has 0 saturated heterocycles. The van der Waals surface area contributed by atoms with Gasteiger partial charge in [-0.15, -0.1) is 0 Å². The molecular formula is C17H18Cl2N2O. The zero-order chi connectivity index (χ0) is 16.1. The molecule has 0 bridgehead atoms. The summed E-state index contributed by atoms with van der Waals surface area (Å²) in [4.78, 5) is 14.2. The lowest BCUT2D eigenvalue weighted by atomic mass is 10.0. The zero-order valence-electron chi connectivity index (χ0n) is 12.3. The maximum atomic E-state index is 12.5. The minimum absolute atomic E-state index is 0.0160. The van der Waals surface area contributed by atoms with Crippen molar-refractivity contribution >= 4 is 29.1 Å². The zero-order valence-corrected chi connectivity index (χ0v) is 13.8. The van der Waals surface area contributed by atoms with E-state index in [0.717, 1.165) is 11.1 Å². The van der Waals surface area contributed by atoms with Crippen molar-refractivity contribution in [1.82, 2.24) is 4.90 Å². The predicted octanol–water partition coefficient (Wildman–Crippen LogP) is 3.69. The maximum Gasteiger partial charge on any atom is 0.227 e. The Balaban J connectivity index is 2.12. The van der Waals surface area contributed by atoms with Crippen LogP contribution in [-0.2, 0) is 11.2 Å². The molecule has 0 radical (unpaired) electrons. The van der Waals surface area contributed by atoms with Crippen molar-refractivity contribution in [2.45, 2.75) is 12.5 Å². The fourth-order valence-corrected chi connectivity index (χ4v) is 2.64. The third-order valence-corrected chi connectivity index (χ3v) is 4.35. The Kier molecular flexibility index (Phi) is 5.83. The Morgan fingerprint density at radius 1 is 1.14 bits per heavy atom. The average molecular weight is 337 g/mol. The molecular weight excluding hydrogens is 319 g/mol. The largest absolute Gasteiger partial charge is 0.337 e. The van der Waals surface area contributed by atoms with Crippen molar-refractivity contribution in [1.29, 1.82) is 0 Å². The van der Waals surface area contributed by atoms with Gasteiger partial charge in [-0.2, -0.15) is 0 Å². The van der Waals surface area contributed by atoms with Crippen LogP contribution in [0.5, 0.6) is 0 Å². The molecule has 0 aliphatic carbocycles. The van der Waals surface area contributed by atoms with Crippen LogP contribution in [0.25, 0.3) is 0 Å². The molecule has 0 spiro atoms. The molecule has 0 aliphatic rings. The number of hydrogen-bond acceptors (Lipinski definition) is 2. The van der Waals surface area contributed by atoms with E-state index >= 15 is 0 Å². The SMILES string of the molecule is CN(C(=O)Cc1ccc(Cl)c(Cl)c1)[C@H](CN)c1ccccc1. The molecule has 1 atom stereocenters. The normalized spacial score (nSPS) is 12.0. The highest BCUT2D eigenvalue weighted by atomic mass is 35.5. The number of halogens is 2. The standard InChI is InChI=1S/C17H18Cl2N2O/c1-21(16(11-20)13-5-3-2-4-6-13)17(22)10-12-7-8-14(18)15(19)9-12/h2-9,16H,10-11,20H2,1H3/t16-/m1/s1. The number of carbonyl (C=O) groups is 1. The number of nitrogens with two attached hydrogens (primary N) is 1. The molecule has 22 heavy (non-hydrogen) atoms. The van der Waals surface area contributed by atoms with Gasteiger partial charge in [0.1, 0.15) is 0 Å². The molecule has 2 aromatic carbocycles. The second kappa shape index (κ2) is 7.63. The number of carbonyl (C=O) groups excluding carboxylic acids is 1. The van der Waals surface area contributed by atoms with Crippen LogP contribution in [0.1, 0.15) is 17.2 Å². The second-order valence-corrected chi connectivity index (χ2v) is 5.91. The minimum atomic E-state index is -0.142. The highest BCUT2D eigenvalue weighted by Gasteiger charge is 2.20. The molecule has 0 aliphatic heterocycles. The third kappa shape index (κ3) is 4.01. The summed E-state index contributed by atoms with van der Waals surface area (Å²) in [6.07, 6.45) is 0.261. The van der Waals surface area contributed by atoms with Gasteiger partial charge < -0.3 is 10.6 Å². The van der Waals surface area contributed by atoms with Crippen molar-refractivity contribution in [3.8, 4) is 0 Å². The summed E-state index contributed by atoms with van der Waals surface area (Å²) in [5.41, 5.74) is 7.70. The van der Waals surface area contributed by atoms with E-state index in [9.17, 15) is 4.79 Å². The lowest BCUT2D eigenvalue weighted by Crippen LogP contribution is -2.36. The monoisotopic (exact) mass is 336 g/mol. The Bertz CT molecular complexity index is 646. The quantitative estimate of drug-likeness (QED) is 0.904. The minimum Gasteiger partial charge on any atom is -0.337 e. The van der Waals surface area contributed by atoms with E-state index < -0.39 is 0 Å². The predicted molar refractivity (Wildman–Crippen MR) is 91.2 cm³/mol. The Labute approximate surface area is 140 Å². The summed E-state index contributed by atoms with van der Waals surface area (Å²) < 4.78 is 0. The maximum absolute atomic E-state index is 12.5. The van der Waals surface area contributed by atoms with E-state index in [4.69, 9.17) is 28.9 Å². The van der Waals surface area contributed by atoms with E-state index in [-0.39, 0.29) is 18.4 Å². The molecule has 0 fully saturated rings. The molecule has 116 valence electrons. The molecule has 0 unspecified atom stereocenters. The first kappa shape index (κ1) is 16.8. The van der Waals surface area contributed by atoms with Gasteiger partial charge in [0.25, 0.3) is 0 Å². The van der Waals surface area contributed by atoms with Crippen LogP contribution in [0.15, 0.2) is 48.5 Å². The second-order valence-electron chi connectivity index (χ2n) is 5.09. The van der Waals surface area contributed by atoms with Gasteiger partial charge in [0.05, 0.1) is 22.5 Å². The van der Waals surface area contributed by atoms with Gasteiger partial charge in [-0.25, -0.2) is 0 Å². The summed E-state index contributed by atoms with van der Waals surface area (Å²) in [6, 6.07) is 14.8. The van der Waals surface area contributed by atoms with Crippen molar-refractivity contribution in [2.75, 3.05) is 13.6 Å². The molecule has 0 aromatic heterocycles. The van der Waals surface area contributed by atoms with Crippen molar-refractivity contribution < 1.29 is 4.79 Å². The van der Waals surface area contributed by atoms with Gasteiger partial charge in [-0.3, -0.25) is 4.79 Å². The van der Waals surface area contributed by atoms with Gasteiger partial charge in [0, 0.05) is 13.6 Å². The van der Waals surface area contributed by atoms with E-state index in [0.29, 0.717) is 16.6 Å². The van der Waals surface area contributed by atoms with Crippen LogP contribution in [0.2, 0.25) is 10.0 Å². The lowest BCUT2D eigenvalue weighted by molar-refractivity contribution is -0.131. The highest BCUT2D eigenvalue weighted by Crippen LogP contribution is 2.24. The van der Waals surface area contributed by atoms with Gasteiger partial charge in [-0.05, 0) is 23.3 Å². The van der Waals surface area contributed by atoms with Crippen LogP contribution in [0.3, 0.4) is 0 Å². The van der Waals surface area contributed by atoms with Gasteiger partial charge >= 0.3 is 0 Å². The summed E-state index contributed by atoms with van der Waals surface area (Å²) in [5, 5.41) is 0.934. The molecule has 0 saturated carbocycles. The number of likely N-dealkylation sites (N-methyl/N-ethyl adjacent to an activating group) is 1. The Hall–Kier alpha value is -1.55. The third-order valence-electron chi connectivity index (χ3n) is 3.61. The first-order chi connectivity index (χ1) is 10.5. The Morgan fingerprint density at radius 2 is 1.82 bits per heavy atom. The summed E-state index contributed by atoms with van der Waals surface area (Å²) >= 11 is 11.9. The fraction of sp³-hybridized carbons (Fsp3) is 0.235. The number of amides is 1. The Morgan fingerprint density at radius 3 is 2.41 bits per heavy atom. The smallest absolute Gasteiger partial charge is 0.227 e. The van der Waals surface area contributed by atoms with Crippen molar-refractivity contribution in [3.05, 3.63) is 69.7 Å². The molecule has 1 amide bonds. The van der Waals surface area contributed by atoms with Gasteiger partial charge in [-0.1, -0.05) is 59.6 Å². The molecule has 0 heterocycles. The summed E-state index contributed by atoms with van der Waals surface area (Å²) in [5.74, 6) is -0.0160. The van der Waals surface area contributed by atoms with Crippen molar-refractivity contribution in [3.63, 3.8) is 0 Å². The number of hydrogen-bond donors (Lipinski definition) is 1. The number of rotatable bonds is 5. The van der Waals surface area contributed by atoms with Crippen LogP contribution >= 0.6 is 23.2 Å². The first-order valence-electron chi connectivity index (χ1n) is 6.97. The van der Waals surface area contributed by atoms with Crippen LogP contribution in [-0.4, -0.2) is 24.4 Å². The highest BCUT2D eigenvalue weighted by molar-refractivity contribution is 6.42. The number of nitrogens with zero attached hydrogens (tertiary/aromatic N) is 1. The van der Waals surface area contributed by atoms with Crippen LogP contribution in [0, 0.1) is 0 Å². The van der Waals surface area contributed by atoms with E-state index in [1.807, 2.05) is 30.3 Å². The topological polar surface area (TPSA) is 46.3 Å². The molecule has 5 heteroatoms. The summed E-state index contributed by atoms with van der Waals surface area (Å²) in [6.45, 7) is 0.369. The van der Waals surface area contributed by atoms with Crippen LogP contribution < -0.4 is 5.73 Å². The molecule has 2 N–H and O–H groups in total. The van der Waals surface area contributed by atoms with Gasteiger partial charge in [0.2, 0.25) is 5.91 Å². The number of benzene rings is 2. The van der Waals surface area contributed by atoms with Crippen molar-refractivity contribution in [2.24, 2.45) is 5.73 Å². The lowest BCUT2D eigenvalue weighted by Gasteiger charge is -2.27. The molecule has 3 nitrogen and oxygen atoms in total. The molecule has 2 rings (SSSR count). The van der Waals surface area contributed by atoms with Crippen LogP contribution in [0.4, 0.5) is 0 Å². The average Bonchev–Trinajstić information content (AvgIpc) is 2.52. The first-order valence-corrected chi connectivity index (χ1v) is 7.73.